The monoisotopic (exact) mass is 434 g/mol. The summed E-state index contributed by atoms with van der Waals surface area (Å²) in [6, 6.07) is 16.7. The Morgan fingerprint density at radius 1 is 1.03 bits per heavy atom. The van der Waals surface area contributed by atoms with Crippen molar-refractivity contribution in [2.75, 3.05) is 20.3 Å². The molecule has 1 saturated heterocycles. The van der Waals surface area contributed by atoms with E-state index in [0.717, 1.165) is 23.8 Å². The van der Waals surface area contributed by atoms with Crippen LogP contribution in [0.2, 0.25) is 0 Å². The SMILES string of the molecule is COCCCN1C(=S)N[C@@H](c2ccccn2)[C@@H]1c1c(C)c(C)n(-c2ccccc2)c1C. The highest BCUT2D eigenvalue weighted by atomic mass is 32.1. The molecule has 1 N–H and O–H groups in total. The molecular formula is C25H30N4OS. The first-order valence-corrected chi connectivity index (χ1v) is 11.2. The molecule has 0 unspecified atom stereocenters. The number of methoxy groups -OCH3 is 1. The predicted octanol–water partition coefficient (Wildman–Crippen LogP) is 4.81. The average molecular weight is 435 g/mol. The van der Waals surface area contributed by atoms with E-state index in [4.69, 9.17) is 17.0 Å². The number of ether oxygens (including phenoxy) is 1. The minimum absolute atomic E-state index is 0.000307. The summed E-state index contributed by atoms with van der Waals surface area (Å²) in [6.07, 6.45) is 2.77. The van der Waals surface area contributed by atoms with Gasteiger partial charge in [0.25, 0.3) is 0 Å². The first-order valence-electron chi connectivity index (χ1n) is 10.8. The van der Waals surface area contributed by atoms with Crippen molar-refractivity contribution in [2.45, 2.75) is 39.3 Å². The van der Waals surface area contributed by atoms with Crippen molar-refractivity contribution in [3.05, 3.63) is 82.9 Å². The quantitative estimate of drug-likeness (QED) is 0.427. The van der Waals surface area contributed by atoms with Crippen molar-refractivity contribution in [1.29, 1.82) is 0 Å². The number of para-hydroxylation sites is 1. The van der Waals surface area contributed by atoms with Crippen molar-refractivity contribution < 1.29 is 4.74 Å². The van der Waals surface area contributed by atoms with Crippen molar-refractivity contribution in [3.8, 4) is 5.69 Å². The summed E-state index contributed by atoms with van der Waals surface area (Å²) in [6.45, 7) is 8.18. The average Bonchev–Trinajstić information content (AvgIpc) is 3.22. The van der Waals surface area contributed by atoms with E-state index in [1.165, 1.54) is 28.2 Å². The molecule has 5 nitrogen and oxygen atoms in total. The van der Waals surface area contributed by atoms with Crippen LogP contribution in [0.5, 0.6) is 0 Å². The van der Waals surface area contributed by atoms with Gasteiger partial charge in [-0.25, -0.2) is 0 Å². The van der Waals surface area contributed by atoms with Gasteiger partial charge < -0.3 is 19.5 Å². The largest absolute Gasteiger partial charge is 0.385 e. The zero-order chi connectivity index (χ0) is 22.0. The minimum atomic E-state index is -0.000307. The molecule has 0 bridgehead atoms. The summed E-state index contributed by atoms with van der Waals surface area (Å²) in [7, 11) is 1.74. The molecule has 0 spiro atoms. The number of hydrogen-bond acceptors (Lipinski definition) is 3. The molecule has 1 aliphatic heterocycles. The third-order valence-electron chi connectivity index (χ3n) is 6.26. The lowest BCUT2D eigenvalue weighted by Gasteiger charge is -2.29. The van der Waals surface area contributed by atoms with Gasteiger partial charge in [-0.15, -0.1) is 0 Å². The highest BCUT2D eigenvalue weighted by molar-refractivity contribution is 7.80. The number of pyridine rings is 1. The number of aromatic nitrogens is 2. The zero-order valence-corrected chi connectivity index (χ0v) is 19.4. The maximum Gasteiger partial charge on any atom is 0.170 e. The first-order chi connectivity index (χ1) is 15.0. The lowest BCUT2D eigenvalue weighted by Crippen LogP contribution is -2.31. The molecule has 2 aromatic heterocycles. The number of rotatable bonds is 7. The number of hydrogen-bond donors (Lipinski definition) is 1. The van der Waals surface area contributed by atoms with Crippen LogP contribution in [-0.2, 0) is 4.74 Å². The molecular weight excluding hydrogens is 404 g/mol. The summed E-state index contributed by atoms with van der Waals surface area (Å²) in [5, 5.41) is 4.34. The summed E-state index contributed by atoms with van der Waals surface area (Å²) in [5.41, 5.74) is 7.31. The summed E-state index contributed by atoms with van der Waals surface area (Å²) >= 11 is 5.80. The number of nitrogens with one attached hydrogen (secondary N) is 1. The van der Waals surface area contributed by atoms with Crippen molar-refractivity contribution >= 4 is 17.3 Å². The second-order valence-corrected chi connectivity index (χ2v) is 8.43. The Bertz CT molecular complexity index is 1050. The number of thiocarbonyl (C=S) groups is 1. The van der Waals surface area contributed by atoms with Crippen LogP contribution >= 0.6 is 12.2 Å². The van der Waals surface area contributed by atoms with Gasteiger partial charge >= 0.3 is 0 Å². The Kier molecular flexibility index (Phi) is 6.39. The number of nitrogens with zero attached hydrogens (tertiary/aromatic N) is 3. The zero-order valence-electron chi connectivity index (χ0n) is 18.6. The fourth-order valence-corrected chi connectivity index (χ4v) is 5.08. The van der Waals surface area contributed by atoms with E-state index < -0.39 is 0 Å². The Labute approximate surface area is 190 Å². The smallest absolute Gasteiger partial charge is 0.170 e. The van der Waals surface area contributed by atoms with Gasteiger partial charge in [0.2, 0.25) is 0 Å². The third-order valence-corrected chi connectivity index (χ3v) is 6.62. The molecule has 0 radical (unpaired) electrons. The molecule has 2 atom stereocenters. The van der Waals surface area contributed by atoms with E-state index in [9.17, 15) is 0 Å². The third kappa shape index (κ3) is 3.98. The minimum Gasteiger partial charge on any atom is -0.385 e. The van der Waals surface area contributed by atoms with E-state index in [0.29, 0.717) is 6.61 Å². The second kappa shape index (κ2) is 9.20. The lowest BCUT2D eigenvalue weighted by molar-refractivity contribution is 0.180. The van der Waals surface area contributed by atoms with Crippen LogP contribution in [0.4, 0.5) is 0 Å². The van der Waals surface area contributed by atoms with Gasteiger partial charge in [-0.3, -0.25) is 4.98 Å². The van der Waals surface area contributed by atoms with Crippen LogP contribution in [0.25, 0.3) is 5.69 Å². The highest BCUT2D eigenvalue weighted by Gasteiger charge is 2.42. The Balaban J connectivity index is 1.84. The molecule has 1 fully saturated rings. The molecule has 3 heterocycles. The van der Waals surface area contributed by atoms with Crippen molar-refractivity contribution in [2.24, 2.45) is 0 Å². The molecule has 1 aromatic carbocycles. The van der Waals surface area contributed by atoms with Crippen LogP contribution in [-0.4, -0.2) is 39.8 Å². The molecule has 0 amide bonds. The van der Waals surface area contributed by atoms with E-state index in [1.54, 1.807) is 7.11 Å². The predicted molar refractivity (Wildman–Crippen MR) is 129 cm³/mol. The van der Waals surface area contributed by atoms with Gasteiger partial charge in [0, 0.05) is 49.1 Å². The maximum absolute atomic E-state index is 5.80. The molecule has 4 rings (SSSR count). The standard InChI is InChI=1S/C25H30N4OS/c1-17-18(2)29(20-11-6-5-7-12-20)19(3)22(17)24-23(21-13-8-9-14-26-21)27-25(31)28(24)15-10-16-30-4/h5-9,11-14,23-24H,10,15-16H2,1-4H3,(H,27,31)/t23-,24-/m0/s1. The van der Waals surface area contributed by atoms with Gasteiger partial charge in [-0.1, -0.05) is 24.3 Å². The van der Waals surface area contributed by atoms with Gasteiger partial charge in [-0.2, -0.15) is 0 Å². The van der Waals surface area contributed by atoms with Crippen molar-refractivity contribution in [1.82, 2.24) is 19.8 Å². The molecule has 6 heteroatoms. The van der Waals surface area contributed by atoms with Gasteiger partial charge in [-0.05, 0) is 69.2 Å². The second-order valence-electron chi connectivity index (χ2n) is 8.05. The normalized spacial score (nSPS) is 18.5. The number of benzene rings is 1. The molecule has 1 aliphatic rings. The maximum atomic E-state index is 5.80. The fraction of sp³-hybridized carbons (Fsp3) is 0.360. The van der Waals surface area contributed by atoms with Gasteiger partial charge in [0.15, 0.2) is 5.11 Å². The lowest BCUT2D eigenvalue weighted by atomic mass is 9.93. The highest BCUT2D eigenvalue weighted by Crippen LogP contribution is 2.43. The first kappa shape index (κ1) is 21.5. The van der Waals surface area contributed by atoms with E-state index in [-0.39, 0.29) is 12.1 Å². The topological polar surface area (TPSA) is 42.3 Å². The molecule has 162 valence electrons. The van der Waals surface area contributed by atoms with Crippen LogP contribution in [0, 0.1) is 20.8 Å². The van der Waals surface area contributed by atoms with E-state index >= 15 is 0 Å². The van der Waals surface area contributed by atoms with Gasteiger partial charge in [0.1, 0.15) is 0 Å². The molecule has 0 aliphatic carbocycles. The van der Waals surface area contributed by atoms with Crippen molar-refractivity contribution in [3.63, 3.8) is 0 Å². The van der Waals surface area contributed by atoms with Crippen LogP contribution in [0.15, 0.2) is 54.7 Å². The van der Waals surface area contributed by atoms with Crippen LogP contribution in [0.3, 0.4) is 0 Å². The summed E-state index contributed by atoms with van der Waals surface area (Å²) in [4.78, 5) is 6.99. The molecule has 31 heavy (non-hydrogen) atoms. The fourth-order valence-electron chi connectivity index (χ4n) is 4.75. The Morgan fingerprint density at radius 2 is 1.77 bits per heavy atom. The Hall–Kier alpha value is -2.70. The Morgan fingerprint density at radius 3 is 2.45 bits per heavy atom. The summed E-state index contributed by atoms with van der Waals surface area (Å²) < 4.78 is 7.67. The van der Waals surface area contributed by atoms with E-state index in [1.807, 2.05) is 18.3 Å². The summed E-state index contributed by atoms with van der Waals surface area (Å²) in [5.74, 6) is 0. The van der Waals surface area contributed by atoms with Gasteiger partial charge in [0.05, 0.1) is 17.8 Å². The van der Waals surface area contributed by atoms with E-state index in [2.05, 4.69) is 76.9 Å². The molecule has 0 saturated carbocycles. The molecule has 3 aromatic rings. The van der Waals surface area contributed by atoms with Crippen LogP contribution < -0.4 is 5.32 Å². The van der Waals surface area contributed by atoms with Crippen LogP contribution in [0.1, 0.15) is 46.7 Å².